The lowest BCUT2D eigenvalue weighted by Gasteiger charge is -2.28. The van der Waals surface area contributed by atoms with Crippen LogP contribution in [0.5, 0.6) is 0 Å². The molecule has 0 spiro atoms. The molecule has 86 valence electrons. The summed E-state index contributed by atoms with van der Waals surface area (Å²) in [5.74, 6) is 0. The van der Waals surface area contributed by atoms with Crippen molar-refractivity contribution in [3.63, 3.8) is 0 Å². The largest absolute Gasteiger partial charge is 0.383 e. The molecule has 0 saturated carbocycles. The van der Waals surface area contributed by atoms with Crippen LogP contribution in [-0.4, -0.2) is 24.7 Å². The van der Waals surface area contributed by atoms with Gasteiger partial charge in [0.15, 0.2) is 0 Å². The second kappa shape index (κ2) is 5.05. The van der Waals surface area contributed by atoms with Crippen molar-refractivity contribution in [3.8, 4) is 0 Å². The first-order valence-corrected chi connectivity index (χ1v) is 6.03. The molecule has 0 aliphatic heterocycles. The highest BCUT2D eigenvalue weighted by atomic mass is 32.1. The Morgan fingerprint density at radius 3 is 2.73 bits per heavy atom. The van der Waals surface area contributed by atoms with Gasteiger partial charge in [0.25, 0.3) is 0 Å². The van der Waals surface area contributed by atoms with E-state index in [1.54, 1.807) is 18.4 Å². The van der Waals surface area contributed by atoms with E-state index in [-0.39, 0.29) is 5.54 Å². The topological polar surface area (TPSA) is 34.1 Å². The minimum Gasteiger partial charge on any atom is -0.383 e. The number of aromatic nitrogens is 1. The number of rotatable bonds is 5. The van der Waals surface area contributed by atoms with Crippen LogP contribution in [0.15, 0.2) is 5.38 Å². The molecule has 1 heterocycles. The fraction of sp³-hybridized carbons (Fsp3) is 0.727. The third-order valence-corrected chi connectivity index (χ3v) is 3.46. The normalized spacial score (nSPS) is 14.2. The molecule has 1 aromatic heterocycles. The van der Waals surface area contributed by atoms with Crippen molar-refractivity contribution in [1.29, 1.82) is 0 Å². The molecule has 0 aliphatic carbocycles. The highest BCUT2D eigenvalue weighted by Gasteiger charge is 2.25. The van der Waals surface area contributed by atoms with Gasteiger partial charge in [-0.05, 0) is 27.7 Å². The van der Waals surface area contributed by atoms with Crippen molar-refractivity contribution in [2.45, 2.75) is 39.3 Å². The van der Waals surface area contributed by atoms with Crippen LogP contribution < -0.4 is 5.32 Å². The van der Waals surface area contributed by atoms with Gasteiger partial charge in [0.2, 0.25) is 0 Å². The summed E-state index contributed by atoms with van der Waals surface area (Å²) in [5.41, 5.74) is 1.00. The van der Waals surface area contributed by atoms with Crippen LogP contribution in [0.3, 0.4) is 0 Å². The Morgan fingerprint density at radius 1 is 1.60 bits per heavy atom. The van der Waals surface area contributed by atoms with Crippen molar-refractivity contribution < 1.29 is 4.74 Å². The van der Waals surface area contributed by atoms with E-state index >= 15 is 0 Å². The molecule has 0 aromatic carbocycles. The van der Waals surface area contributed by atoms with Crippen molar-refractivity contribution in [3.05, 3.63) is 16.1 Å². The van der Waals surface area contributed by atoms with Gasteiger partial charge in [-0.25, -0.2) is 4.98 Å². The van der Waals surface area contributed by atoms with Crippen molar-refractivity contribution in [2.24, 2.45) is 0 Å². The average molecular weight is 228 g/mol. The quantitative estimate of drug-likeness (QED) is 0.839. The van der Waals surface area contributed by atoms with Gasteiger partial charge in [-0.2, -0.15) is 0 Å². The average Bonchev–Trinajstić information content (AvgIpc) is 2.51. The van der Waals surface area contributed by atoms with Gasteiger partial charge in [-0.15, -0.1) is 11.3 Å². The molecule has 3 nitrogen and oxygen atoms in total. The number of hydrogen-bond donors (Lipinski definition) is 1. The SMILES string of the molecule is COCC(C)NC(C)(C)c1nc(C)cs1. The predicted octanol–water partition coefficient (Wildman–Crippen LogP) is 2.31. The summed E-state index contributed by atoms with van der Waals surface area (Å²) in [6.45, 7) is 9.16. The number of nitrogens with zero attached hydrogens (tertiary/aromatic N) is 1. The molecule has 1 atom stereocenters. The Hall–Kier alpha value is -0.450. The third-order valence-electron chi connectivity index (χ3n) is 2.18. The molecule has 0 bridgehead atoms. The molecular formula is C11H20N2OS. The highest BCUT2D eigenvalue weighted by Crippen LogP contribution is 2.24. The minimum absolute atomic E-state index is 0.0864. The first-order valence-electron chi connectivity index (χ1n) is 5.15. The van der Waals surface area contributed by atoms with E-state index in [2.05, 4.69) is 36.5 Å². The van der Waals surface area contributed by atoms with E-state index in [0.29, 0.717) is 12.6 Å². The lowest BCUT2D eigenvalue weighted by Crippen LogP contribution is -2.44. The lowest BCUT2D eigenvalue weighted by atomic mass is 10.1. The summed E-state index contributed by atoms with van der Waals surface area (Å²) in [6, 6.07) is 0.328. The zero-order valence-corrected chi connectivity index (χ0v) is 10.9. The van der Waals surface area contributed by atoms with Gasteiger partial charge < -0.3 is 10.1 Å². The predicted molar refractivity (Wildman–Crippen MR) is 64.4 cm³/mol. The number of aryl methyl sites for hydroxylation is 1. The van der Waals surface area contributed by atoms with E-state index < -0.39 is 0 Å². The fourth-order valence-electron chi connectivity index (χ4n) is 1.61. The van der Waals surface area contributed by atoms with E-state index in [1.165, 1.54) is 0 Å². The molecule has 1 N–H and O–H groups in total. The monoisotopic (exact) mass is 228 g/mol. The maximum absolute atomic E-state index is 5.11. The molecule has 1 unspecified atom stereocenters. The molecule has 4 heteroatoms. The van der Waals surface area contributed by atoms with Gasteiger partial charge in [0, 0.05) is 24.2 Å². The third kappa shape index (κ3) is 3.55. The van der Waals surface area contributed by atoms with Gasteiger partial charge in [0.05, 0.1) is 12.1 Å². The second-order valence-electron chi connectivity index (χ2n) is 4.42. The zero-order valence-electron chi connectivity index (χ0n) is 10.1. The highest BCUT2D eigenvalue weighted by molar-refractivity contribution is 7.09. The van der Waals surface area contributed by atoms with Crippen LogP contribution >= 0.6 is 11.3 Å². The van der Waals surface area contributed by atoms with Crippen LogP contribution in [0.2, 0.25) is 0 Å². The van der Waals surface area contributed by atoms with Gasteiger partial charge in [-0.1, -0.05) is 0 Å². The van der Waals surface area contributed by atoms with Gasteiger partial charge in [-0.3, -0.25) is 0 Å². The number of hydrogen-bond acceptors (Lipinski definition) is 4. The maximum Gasteiger partial charge on any atom is 0.112 e. The zero-order chi connectivity index (χ0) is 11.5. The maximum atomic E-state index is 5.11. The fourth-order valence-corrected chi connectivity index (χ4v) is 2.50. The van der Waals surface area contributed by atoms with E-state index in [0.717, 1.165) is 10.7 Å². The van der Waals surface area contributed by atoms with Crippen LogP contribution in [0.25, 0.3) is 0 Å². The Balaban J connectivity index is 2.66. The molecular weight excluding hydrogens is 208 g/mol. The van der Waals surface area contributed by atoms with Crippen LogP contribution in [-0.2, 0) is 10.3 Å². The van der Waals surface area contributed by atoms with Gasteiger partial charge >= 0.3 is 0 Å². The first-order chi connectivity index (χ1) is 6.95. The number of thiazole rings is 1. The Labute approximate surface area is 95.9 Å². The van der Waals surface area contributed by atoms with Gasteiger partial charge in [0.1, 0.15) is 5.01 Å². The molecule has 1 aromatic rings. The lowest BCUT2D eigenvalue weighted by molar-refractivity contribution is 0.156. The summed E-state index contributed by atoms with van der Waals surface area (Å²) < 4.78 is 5.11. The summed E-state index contributed by atoms with van der Waals surface area (Å²) in [5, 5.41) is 6.72. The van der Waals surface area contributed by atoms with E-state index in [1.807, 2.05) is 6.92 Å². The molecule has 0 amide bonds. The Kier molecular flexibility index (Phi) is 4.25. The molecule has 0 aliphatic rings. The molecule has 0 saturated heterocycles. The van der Waals surface area contributed by atoms with Crippen molar-refractivity contribution in [1.82, 2.24) is 10.3 Å². The summed E-state index contributed by atoms with van der Waals surface area (Å²) in [6.07, 6.45) is 0. The van der Waals surface area contributed by atoms with E-state index in [9.17, 15) is 0 Å². The minimum atomic E-state index is -0.0864. The standard InChI is InChI=1S/C11H20N2OS/c1-8(6-14-5)13-11(3,4)10-12-9(2)7-15-10/h7-8,13H,6H2,1-5H3. The second-order valence-corrected chi connectivity index (χ2v) is 5.28. The summed E-state index contributed by atoms with van der Waals surface area (Å²) >= 11 is 1.70. The smallest absolute Gasteiger partial charge is 0.112 e. The Bertz CT molecular complexity index is 309. The van der Waals surface area contributed by atoms with E-state index in [4.69, 9.17) is 4.74 Å². The molecule has 15 heavy (non-hydrogen) atoms. The van der Waals surface area contributed by atoms with Crippen LogP contribution in [0.1, 0.15) is 31.5 Å². The molecule has 1 rings (SSSR count). The molecule has 0 radical (unpaired) electrons. The number of methoxy groups -OCH3 is 1. The van der Waals surface area contributed by atoms with Crippen molar-refractivity contribution in [2.75, 3.05) is 13.7 Å². The van der Waals surface area contributed by atoms with Crippen LogP contribution in [0, 0.1) is 6.92 Å². The van der Waals surface area contributed by atoms with Crippen molar-refractivity contribution >= 4 is 11.3 Å². The Morgan fingerprint density at radius 2 is 2.27 bits per heavy atom. The first kappa shape index (κ1) is 12.6. The summed E-state index contributed by atoms with van der Waals surface area (Å²) in [4.78, 5) is 4.51. The number of ether oxygens (including phenoxy) is 1. The molecule has 0 fully saturated rings. The number of nitrogens with one attached hydrogen (secondary N) is 1. The summed E-state index contributed by atoms with van der Waals surface area (Å²) in [7, 11) is 1.72. The van der Waals surface area contributed by atoms with Crippen LogP contribution in [0.4, 0.5) is 0 Å².